The predicted molar refractivity (Wildman–Crippen MR) is 241 cm³/mol. The number of rotatable bonds is 43. The molecule has 344 valence electrons. The van der Waals surface area contributed by atoms with Crippen LogP contribution in [0.1, 0.15) is 194 Å². The van der Waals surface area contributed by atoms with Gasteiger partial charge in [0.15, 0.2) is 6.10 Å². The molecule has 0 saturated carbocycles. The van der Waals surface area contributed by atoms with Gasteiger partial charge in [-0.2, -0.15) is 0 Å². The number of nitrogens with two attached hydrogens (primary N) is 1. The molecule has 0 spiro atoms. The van der Waals surface area contributed by atoms with Crippen molar-refractivity contribution in [2.24, 2.45) is 5.73 Å². The van der Waals surface area contributed by atoms with Crippen LogP contribution < -0.4 is 5.73 Å². The van der Waals surface area contributed by atoms with Gasteiger partial charge in [-0.1, -0.05) is 152 Å². The van der Waals surface area contributed by atoms with E-state index < -0.39 is 44.7 Å². The van der Waals surface area contributed by atoms with Gasteiger partial charge in [-0.05, 0) is 77.0 Å². The smallest absolute Gasteiger partial charge is 0.462 e. The van der Waals surface area contributed by atoms with Crippen LogP contribution in [0.5, 0.6) is 0 Å². The molecule has 0 aromatic heterocycles. The van der Waals surface area contributed by atoms with Crippen LogP contribution in [0, 0.1) is 0 Å². The van der Waals surface area contributed by atoms with Gasteiger partial charge in [0.25, 0.3) is 0 Å². The van der Waals surface area contributed by atoms with Gasteiger partial charge >= 0.3 is 19.8 Å². The first kappa shape index (κ1) is 56.9. The van der Waals surface area contributed by atoms with Crippen molar-refractivity contribution in [2.75, 3.05) is 26.4 Å². The van der Waals surface area contributed by atoms with Gasteiger partial charge in [-0.25, -0.2) is 4.57 Å². The molecule has 0 rings (SSSR count). The normalized spacial score (nSPS) is 14.7. The van der Waals surface area contributed by atoms with E-state index in [1.807, 2.05) is 12.2 Å². The third-order valence-corrected chi connectivity index (χ3v) is 10.9. The average molecular weight is 856 g/mol. The minimum Gasteiger partial charge on any atom is -0.462 e. The zero-order valence-electron chi connectivity index (χ0n) is 37.2. The van der Waals surface area contributed by atoms with Gasteiger partial charge < -0.3 is 30.3 Å². The van der Waals surface area contributed by atoms with Gasteiger partial charge in [0.1, 0.15) is 6.61 Å². The second kappa shape index (κ2) is 42.6. The number of unbranched alkanes of at least 4 members (excludes halogenated alkanes) is 18. The number of hydrogen-bond acceptors (Lipinski definition) is 10. The van der Waals surface area contributed by atoms with Gasteiger partial charge in [0.05, 0.1) is 25.4 Å². The molecule has 4 atom stereocenters. The van der Waals surface area contributed by atoms with Crippen LogP contribution in [0.15, 0.2) is 48.6 Å². The van der Waals surface area contributed by atoms with E-state index in [4.69, 9.17) is 24.3 Å². The second-order valence-electron chi connectivity index (χ2n) is 15.6. The maximum absolute atomic E-state index is 12.6. The third-order valence-electron chi connectivity index (χ3n) is 9.89. The highest BCUT2D eigenvalue weighted by molar-refractivity contribution is 7.47. The highest BCUT2D eigenvalue weighted by atomic mass is 31.2. The van der Waals surface area contributed by atoms with E-state index >= 15 is 0 Å². The molecule has 0 radical (unpaired) electrons. The van der Waals surface area contributed by atoms with Gasteiger partial charge in [0, 0.05) is 19.4 Å². The number of phosphoric acid groups is 1. The summed E-state index contributed by atoms with van der Waals surface area (Å²) in [6, 6.07) is 0. The van der Waals surface area contributed by atoms with Gasteiger partial charge in [-0.15, -0.1) is 0 Å². The van der Waals surface area contributed by atoms with Crippen LogP contribution >= 0.6 is 7.82 Å². The Labute approximate surface area is 359 Å². The lowest BCUT2D eigenvalue weighted by molar-refractivity contribution is -0.161. The van der Waals surface area contributed by atoms with Gasteiger partial charge in [-0.3, -0.25) is 18.6 Å². The van der Waals surface area contributed by atoms with Crippen LogP contribution in [0.3, 0.4) is 0 Å². The first-order valence-electron chi connectivity index (χ1n) is 23.3. The fourth-order valence-electron chi connectivity index (χ4n) is 6.26. The van der Waals surface area contributed by atoms with Crippen molar-refractivity contribution < 1.29 is 47.8 Å². The lowest BCUT2D eigenvalue weighted by Gasteiger charge is -2.20. The first-order valence-corrected chi connectivity index (χ1v) is 24.8. The molecule has 0 aliphatic carbocycles. The lowest BCUT2D eigenvalue weighted by atomic mass is 10.0. The molecule has 11 nitrogen and oxygen atoms in total. The summed E-state index contributed by atoms with van der Waals surface area (Å²) in [5.74, 6) is -1.11. The molecule has 0 aromatic rings. The molecule has 0 aromatic carbocycles. The van der Waals surface area contributed by atoms with Crippen molar-refractivity contribution in [1.82, 2.24) is 0 Å². The van der Waals surface area contributed by atoms with Crippen molar-refractivity contribution in [3.8, 4) is 0 Å². The highest BCUT2D eigenvalue weighted by Gasteiger charge is 2.26. The van der Waals surface area contributed by atoms with E-state index in [0.717, 1.165) is 38.5 Å². The quantitative estimate of drug-likeness (QED) is 0.0199. The zero-order chi connectivity index (χ0) is 43.5. The summed E-state index contributed by atoms with van der Waals surface area (Å²) in [5, 5.41) is 20.7. The Morgan fingerprint density at radius 1 is 0.576 bits per heavy atom. The molecule has 0 saturated heterocycles. The summed E-state index contributed by atoms with van der Waals surface area (Å²) in [6.45, 7) is 3.37. The Morgan fingerprint density at radius 3 is 1.64 bits per heavy atom. The van der Waals surface area contributed by atoms with Crippen molar-refractivity contribution in [3.05, 3.63) is 48.6 Å². The lowest BCUT2D eigenvalue weighted by Crippen LogP contribution is -2.30. The van der Waals surface area contributed by atoms with E-state index in [9.17, 15) is 29.3 Å². The molecule has 0 fully saturated rings. The van der Waals surface area contributed by atoms with Crippen LogP contribution in [-0.2, 0) is 32.7 Å². The Hall–Kier alpha value is -2.11. The summed E-state index contributed by atoms with van der Waals surface area (Å²) in [7, 11) is -4.45. The van der Waals surface area contributed by atoms with E-state index in [1.54, 1.807) is 0 Å². The topological polar surface area (TPSA) is 175 Å². The molecule has 0 amide bonds. The molecule has 0 aliphatic rings. The SMILES string of the molecule is CCCCC/C=C\C/C=C\C/C=C\CC(O)C(O)CCCC(=O)OC[C@H](COP(=O)(O)OCCN)OC(=O)CCCCCCCCCCC/C=C\CCCCCCCC. The largest absolute Gasteiger partial charge is 0.472 e. The van der Waals surface area contributed by atoms with E-state index in [1.165, 1.54) is 103 Å². The standard InChI is InChI=1S/C47H86NO10P/c1-3-5-7-9-11-13-15-17-18-19-20-21-22-23-25-27-29-31-33-37-47(52)58-43(42-57-59(53,54)56-40-39-48)41-55-46(51)38-34-36-45(50)44(49)35-32-30-28-26-24-16-14-12-10-8-6-4-2/h12,14,17-18,24,26,30,32,43-45,49-50H,3-11,13,15-16,19-23,25,27-29,31,33-42,48H2,1-2H3,(H,53,54)/b14-12-,18-17-,26-24-,32-30-/t43-,44?,45?/m1/s1. The fourth-order valence-corrected chi connectivity index (χ4v) is 7.03. The number of aliphatic hydroxyl groups is 2. The number of carbonyl (C=O) groups is 2. The monoisotopic (exact) mass is 856 g/mol. The molecule has 0 bridgehead atoms. The second-order valence-corrected chi connectivity index (χ2v) is 17.0. The molecule has 59 heavy (non-hydrogen) atoms. The van der Waals surface area contributed by atoms with Crippen molar-refractivity contribution >= 4 is 19.8 Å². The van der Waals surface area contributed by atoms with Gasteiger partial charge in [0.2, 0.25) is 0 Å². The molecule has 0 aliphatic heterocycles. The number of phosphoric ester groups is 1. The summed E-state index contributed by atoms with van der Waals surface area (Å²) in [5.41, 5.74) is 5.34. The number of hydrogen-bond donors (Lipinski definition) is 4. The van der Waals surface area contributed by atoms with Crippen molar-refractivity contribution in [2.45, 2.75) is 212 Å². The van der Waals surface area contributed by atoms with Crippen LogP contribution in [0.25, 0.3) is 0 Å². The van der Waals surface area contributed by atoms with E-state index in [-0.39, 0.29) is 45.4 Å². The fraction of sp³-hybridized carbons (Fsp3) is 0.787. The Balaban J connectivity index is 4.33. The first-order chi connectivity index (χ1) is 28.6. The highest BCUT2D eigenvalue weighted by Crippen LogP contribution is 2.43. The third kappa shape index (κ3) is 41.0. The van der Waals surface area contributed by atoms with Crippen molar-refractivity contribution in [3.63, 3.8) is 0 Å². The summed E-state index contributed by atoms with van der Waals surface area (Å²) in [4.78, 5) is 35.0. The molecule has 0 heterocycles. The van der Waals surface area contributed by atoms with Crippen LogP contribution in [0.4, 0.5) is 0 Å². The Morgan fingerprint density at radius 2 is 1.05 bits per heavy atom. The summed E-state index contributed by atoms with van der Waals surface area (Å²) >= 11 is 0. The minimum atomic E-state index is -4.45. The Kier molecular flexibility index (Phi) is 41.1. The van der Waals surface area contributed by atoms with Crippen molar-refractivity contribution in [1.29, 1.82) is 0 Å². The number of aliphatic hydroxyl groups excluding tert-OH is 2. The molecule has 12 heteroatoms. The Bertz CT molecular complexity index is 1140. The van der Waals surface area contributed by atoms with Crippen LogP contribution in [0.2, 0.25) is 0 Å². The molecular weight excluding hydrogens is 769 g/mol. The minimum absolute atomic E-state index is 0.0127. The maximum Gasteiger partial charge on any atom is 0.472 e. The van der Waals surface area contributed by atoms with E-state index in [2.05, 4.69) is 50.3 Å². The maximum atomic E-state index is 12.6. The average Bonchev–Trinajstić information content (AvgIpc) is 3.22. The number of esters is 2. The van der Waals surface area contributed by atoms with Crippen LogP contribution in [-0.4, -0.2) is 71.7 Å². The molecule has 5 N–H and O–H groups in total. The molecular formula is C47H86NO10P. The number of allylic oxidation sites excluding steroid dienone is 7. The predicted octanol–water partition coefficient (Wildman–Crippen LogP) is 11.4. The summed E-state index contributed by atoms with van der Waals surface area (Å²) < 4.78 is 32.6. The summed E-state index contributed by atoms with van der Waals surface area (Å²) in [6.07, 6.45) is 41.7. The number of ether oxygens (including phenoxy) is 2. The molecule has 3 unspecified atom stereocenters. The van der Waals surface area contributed by atoms with E-state index in [0.29, 0.717) is 12.8 Å². The zero-order valence-corrected chi connectivity index (χ0v) is 38.1. The number of carbonyl (C=O) groups excluding carboxylic acids is 2.